The molecular weight excluding hydrogens is 446 g/mol. The molecule has 2 aromatic rings. The smallest absolute Gasteiger partial charge is 0.409 e. The van der Waals surface area contributed by atoms with Crippen LogP contribution >= 0.6 is 11.8 Å². The van der Waals surface area contributed by atoms with Crippen molar-refractivity contribution >= 4 is 35.7 Å². The number of carbonyl (C=O) groups is 2. The van der Waals surface area contributed by atoms with Gasteiger partial charge in [-0.05, 0) is 44.0 Å². The third-order valence-electron chi connectivity index (χ3n) is 5.77. The van der Waals surface area contributed by atoms with Gasteiger partial charge in [-0.25, -0.2) is 4.79 Å². The highest BCUT2D eigenvalue weighted by atomic mass is 32.2. The molecule has 2 aliphatic rings. The van der Waals surface area contributed by atoms with Gasteiger partial charge in [-0.1, -0.05) is 63.1 Å². The van der Waals surface area contributed by atoms with E-state index < -0.39 is 0 Å². The van der Waals surface area contributed by atoms with Gasteiger partial charge in [0.1, 0.15) is 0 Å². The molecule has 6 nitrogen and oxygen atoms in total. The number of ether oxygens (including phenoxy) is 1. The van der Waals surface area contributed by atoms with Crippen molar-refractivity contribution in [1.82, 2.24) is 10.2 Å². The zero-order valence-corrected chi connectivity index (χ0v) is 21.2. The molecule has 2 aliphatic heterocycles. The summed E-state index contributed by atoms with van der Waals surface area (Å²) in [6.07, 6.45) is 7.09. The van der Waals surface area contributed by atoms with Crippen LogP contribution in [0.4, 0.5) is 10.5 Å². The number of hydrogen-bond acceptors (Lipinski definition) is 5. The van der Waals surface area contributed by atoms with Gasteiger partial charge >= 0.3 is 6.09 Å². The highest BCUT2D eigenvalue weighted by Gasteiger charge is 2.25. The van der Waals surface area contributed by atoms with E-state index in [1.54, 1.807) is 23.6 Å². The van der Waals surface area contributed by atoms with Gasteiger partial charge in [0.15, 0.2) is 0 Å². The maximum Gasteiger partial charge on any atom is 0.409 e. The molecule has 1 N–H and O–H groups in total. The topological polar surface area (TPSA) is 71.0 Å². The molecule has 0 radical (unpaired) electrons. The molecule has 1 saturated heterocycles. The van der Waals surface area contributed by atoms with Crippen molar-refractivity contribution in [2.24, 2.45) is 4.99 Å². The molecule has 0 atom stereocenters. The Bertz CT molecular complexity index is 998. The lowest BCUT2D eigenvalue weighted by atomic mass is 10.0. The Morgan fingerprint density at radius 1 is 1.06 bits per heavy atom. The summed E-state index contributed by atoms with van der Waals surface area (Å²) in [7, 11) is 0. The van der Waals surface area contributed by atoms with Crippen LogP contribution < -0.4 is 5.32 Å². The lowest BCUT2D eigenvalue weighted by Gasteiger charge is -2.31. The minimum atomic E-state index is -0.278. The van der Waals surface area contributed by atoms with Crippen LogP contribution in [0.25, 0.3) is 0 Å². The summed E-state index contributed by atoms with van der Waals surface area (Å²) in [5.74, 6) is -0.107. The lowest BCUT2D eigenvalue weighted by molar-refractivity contribution is 0.0860. The zero-order valence-electron chi connectivity index (χ0n) is 20.4. The fourth-order valence-electron chi connectivity index (χ4n) is 3.83. The van der Waals surface area contributed by atoms with Crippen molar-refractivity contribution in [2.75, 3.05) is 19.7 Å². The third-order valence-corrected chi connectivity index (χ3v) is 6.92. The summed E-state index contributed by atoms with van der Waals surface area (Å²) in [4.78, 5) is 33.0. The SMILES string of the molecule is CCCCC.CCOC(=O)N1CCC(NC(=O)c2ccc3c(c2)N=Cc2ccccc2S3)CC1. The average Bonchev–Trinajstić information content (AvgIpc) is 3.04. The number of fused-ring (bicyclic) bond motifs is 2. The predicted octanol–water partition coefficient (Wildman–Crippen LogP) is 6.45. The number of likely N-dealkylation sites (tertiary alicyclic amines) is 1. The van der Waals surface area contributed by atoms with Gasteiger partial charge in [0, 0.05) is 46.3 Å². The van der Waals surface area contributed by atoms with Crippen molar-refractivity contribution in [2.45, 2.75) is 68.7 Å². The predicted molar refractivity (Wildman–Crippen MR) is 139 cm³/mol. The number of benzene rings is 2. The molecule has 7 heteroatoms. The van der Waals surface area contributed by atoms with Gasteiger partial charge in [-0.15, -0.1) is 0 Å². The van der Waals surface area contributed by atoms with Crippen LogP contribution in [-0.2, 0) is 4.74 Å². The summed E-state index contributed by atoms with van der Waals surface area (Å²) in [5, 5.41) is 3.09. The first-order valence-corrected chi connectivity index (χ1v) is 13.0. The van der Waals surface area contributed by atoms with Crippen molar-refractivity contribution in [1.29, 1.82) is 0 Å². The number of piperidine rings is 1. The lowest BCUT2D eigenvalue weighted by Crippen LogP contribution is -2.46. The maximum atomic E-state index is 12.7. The summed E-state index contributed by atoms with van der Waals surface area (Å²) in [6, 6.07) is 13.8. The molecular formula is C27H35N3O3S. The van der Waals surface area contributed by atoms with Crippen LogP contribution in [0.5, 0.6) is 0 Å². The van der Waals surface area contributed by atoms with E-state index in [0.29, 0.717) is 25.3 Å². The maximum absolute atomic E-state index is 12.7. The Morgan fingerprint density at radius 3 is 2.47 bits per heavy atom. The molecule has 182 valence electrons. The molecule has 1 fully saturated rings. The summed E-state index contributed by atoms with van der Waals surface area (Å²) in [6.45, 7) is 7.78. The van der Waals surface area contributed by atoms with Gasteiger partial charge in [0.2, 0.25) is 0 Å². The number of aliphatic imine (C=N–C) groups is 1. The highest BCUT2D eigenvalue weighted by molar-refractivity contribution is 7.99. The van der Waals surface area contributed by atoms with Crippen LogP contribution in [-0.4, -0.2) is 48.9 Å². The summed E-state index contributed by atoms with van der Waals surface area (Å²) < 4.78 is 5.04. The first kappa shape index (κ1) is 25.8. The van der Waals surface area contributed by atoms with Crippen molar-refractivity contribution < 1.29 is 14.3 Å². The highest BCUT2D eigenvalue weighted by Crippen LogP contribution is 2.39. The van der Waals surface area contributed by atoms with E-state index in [4.69, 9.17) is 4.74 Å². The molecule has 2 amide bonds. The van der Waals surface area contributed by atoms with Crippen LogP contribution in [0.1, 0.15) is 68.8 Å². The monoisotopic (exact) mass is 481 g/mol. The molecule has 0 bridgehead atoms. The molecule has 0 aliphatic carbocycles. The normalized spacial score (nSPS) is 14.7. The Hall–Kier alpha value is -2.80. The summed E-state index contributed by atoms with van der Waals surface area (Å²) >= 11 is 1.66. The van der Waals surface area contributed by atoms with Crippen LogP contribution in [0.2, 0.25) is 0 Å². The van der Waals surface area contributed by atoms with Gasteiger partial charge in [0.05, 0.1) is 12.3 Å². The van der Waals surface area contributed by atoms with E-state index in [-0.39, 0.29) is 18.0 Å². The van der Waals surface area contributed by atoms with E-state index in [9.17, 15) is 9.59 Å². The van der Waals surface area contributed by atoms with E-state index in [0.717, 1.165) is 33.9 Å². The molecule has 0 saturated carbocycles. The largest absolute Gasteiger partial charge is 0.450 e. The van der Waals surface area contributed by atoms with Crippen molar-refractivity contribution in [3.63, 3.8) is 0 Å². The second kappa shape index (κ2) is 13.2. The van der Waals surface area contributed by atoms with Gasteiger partial charge in [0.25, 0.3) is 5.91 Å². The number of amides is 2. The van der Waals surface area contributed by atoms with Crippen LogP contribution in [0, 0.1) is 0 Å². The number of nitrogens with one attached hydrogen (secondary N) is 1. The first-order chi connectivity index (χ1) is 16.5. The first-order valence-electron chi connectivity index (χ1n) is 12.2. The van der Waals surface area contributed by atoms with Crippen molar-refractivity contribution in [3.05, 3.63) is 53.6 Å². The van der Waals surface area contributed by atoms with Gasteiger partial charge in [-0.3, -0.25) is 9.79 Å². The molecule has 34 heavy (non-hydrogen) atoms. The number of unbranched alkanes of at least 4 members (excludes halogenated alkanes) is 2. The number of rotatable bonds is 5. The second-order valence-electron chi connectivity index (χ2n) is 8.37. The fraction of sp³-hybridized carbons (Fsp3) is 0.444. The Labute approximate surface area is 207 Å². The Kier molecular flexibility index (Phi) is 10.0. The molecule has 0 aromatic heterocycles. The minimum absolute atomic E-state index is 0.0501. The Balaban J connectivity index is 0.000000588. The second-order valence-corrected chi connectivity index (χ2v) is 9.45. The Morgan fingerprint density at radius 2 is 1.79 bits per heavy atom. The zero-order chi connectivity index (χ0) is 24.3. The minimum Gasteiger partial charge on any atom is -0.450 e. The fourth-order valence-corrected chi connectivity index (χ4v) is 4.80. The molecule has 0 spiro atoms. The van der Waals surface area contributed by atoms with Crippen LogP contribution in [0.15, 0.2) is 57.2 Å². The van der Waals surface area contributed by atoms with E-state index in [2.05, 4.69) is 30.2 Å². The number of nitrogens with zero attached hydrogens (tertiary/aromatic N) is 2. The van der Waals surface area contributed by atoms with Crippen molar-refractivity contribution in [3.8, 4) is 0 Å². The molecule has 2 aromatic carbocycles. The van der Waals surface area contributed by atoms with E-state index >= 15 is 0 Å². The number of carbonyl (C=O) groups excluding carboxylic acids is 2. The molecule has 2 heterocycles. The number of hydrogen-bond donors (Lipinski definition) is 1. The summed E-state index contributed by atoms with van der Waals surface area (Å²) in [5.41, 5.74) is 2.48. The molecule has 0 unspecified atom stereocenters. The quantitative estimate of drug-likeness (QED) is 0.455. The average molecular weight is 482 g/mol. The van der Waals surface area contributed by atoms with E-state index in [1.807, 2.05) is 42.6 Å². The van der Waals surface area contributed by atoms with E-state index in [1.165, 1.54) is 19.3 Å². The third kappa shape index (κ3) is 7.10. The van der Waals surface area contributed by atoms with Crippen LogP contribution in [0.3, 0.4) is 0 Å². The van der Waals surface area contributed by atoms with Gasteiger partial charge in [-0.2, -0.15) is 0 Å². The standard InChI is InChI=1S/C22H23N3O3S.C5H12/c1-2-28-22(27)25-11-9-17(10-12-25)24-21(26)15-7-8-20-18(13-15)23-14-16-5-3-4-6-19(16)29-20;1-3-5-4-2/h3-8,13-14,17H,2,9-12H2,1H3,(H,24,26);3-5H2,1-2H3. The molecule has 4 rings (SSSR count). The van der Waals surface area contributed by atoms with Gasteiger partial charge < -0.3 is 15.0 Å².